The molecule has 3 aromatic rings. The number of rotatable bonds is 6. The maximum atomic E-state index is 12.5. The number of amides is 1. The molecule has 1 amide bonds. The molecule has 6 nitrogen and oxygen atoms in total. The van der Waals surface area contributed by atoms with Gasteiger partial charge in [-0.25, -0.2) is 0 Å². The molecule has 0 spiro atoms. The first-order valence-electron chi connectivity index (χ1n) is 8.27. The summed E-state index contributed by atoms with van der Waals surface area (Å²) < 4.78 is 5.57. The minimum Gasteiger partial charge on any atom is -0.482 e. The van der Waals surface area contributed by atoms with Crippen molar-refractivity contribution in [1.82, 2.24) is 0 Å². The van der Waals surface area contributed by atoms with Gasteiger partial charge in [-0.1, -0.05) is 30.3 Å². The Morgan fingerprint density at radius 3 is 2.56 bits per heavy atom. The molecule has 27 heavy (non-hydrogen) atoms. The summed E-state index contributed by atoms with van der Waals surface area (Å²) in [7, 11) is 0. The second-order valence-electron chi connectivity index (χ2n) is 6.05. The van der Waals surface area contributed by atoms with Gasteiger partial charge in [0, 0.05) is 17.3 Å². The number of aryl methyl sites for hydroxylation is 2. The van der Waals surface area contributed by atoms with Crippen molar-refractivity contribution in [3.05, 3.63) is 85.6 Å². The Hall–Kier alpha value is -3.19. The SMILES string of the molecule is Cc1cccc(C)c1NC(=O)c1cc(COc2ccccc2[N+](=O)[O-])cs1. The molecule has 1 aromatic heterocycles. The van der Waals surface area contributed by atoms with Gasteiger partial charge in [-0.2, -0.15) is 0 Å². The lowest BCUT2D eigenvalue weighted by atomic mass is 10.1. The smallest absolute Gasteiger partial charge is 0.310 e. The first-order valence-corrected chi connectivity index (χ1v) is 9.15. The largest absolute Gasteiger partial charge is 0.482 e. The van der Waals surface area contributed by atoms with Gasteiger partial charge < -0.3 is 10.1 Å². The highest BCUT2D eigenvalue weighted by atomic mass is 32.1. The topological polar surface area (TPSA) is 81.5 Å². The van der Waals surface area contributed by atoms with Gasteiger partial charge in [0.1, 0.15) is 6.61 Å². The van der Waals surface area contributed by atoms with Crippen LogP contribution in [0, 0.1) is 24.0 Å². The van der Waals surface area contributed by atoms with E-state index in [1.807, 2.05) is 37.4 Å². The average Bonchev–Trinajstić information content (AvgIpc) is 3.12. The molecule has 3 rings (SSSR count). The van der Waals surface area contributed by atoms with Crippen LogP contribution in [0.25, 0.3) is 0 Å². The quantitative estimate of drug-likeness (QED) is 0.475. The molecule has 1 N–H and O–H groups in total. The van der Waals surface area contributed by atoms with Crippen LogP contribution in [-0.4, -0.2) is 10.8 Å². The summed E-state index contributed by atoms with van der Waals surface area (Å²) in [5.74, 6) is 0.0181. The number of anilines is 1. The summed E-state index contributed by atoms with van der Waals surface area (Å²) in [5, 5.41) is 15.8. The van der Waals surface area contributed by atoms with Crippen LogP contribution in [0.15, 0.2) is 53.9 Å². The molecule has 0 unspecified atom stereocenters. The predicted molar refractivity (Wildman–Crippen MR) is 106 cm³/mol. The van der Waals surface area contributed by atoms with Crippen molar-refractivity contribution in [2.24, 2.45) is 0 Å². The van der Waals surface area contributed by atoms with E-state index in [0.29, 0.717) is 4.88 Å². The fourth-order valence-electron chi connectivity index (χ4n) is 2.65. The van der Waals surface area contributed by atoms with Crippen molar-refractivity contribution in [2.75, 3.05) is 5.32 Å². The number of ether oxygens (including phenoxy) is 1. The van der Waals surface area contributed by atoms with Crippen molar-refractivity contribution < 1.29 is 14.5 Å². The number of benzene rings is 2. The number of nitrogens with zero attached hydrogens (tertiary/aromatic N) is 1. The highest BCUT2D eigenvalue weighted by molar-refractivity contribution is 7.12. The van der Waals surface area contributed by atoms with Gasteiger partial charge in [0.25, 0.3) is 5.91 Å². The van der Waals surface area contributed by atoms with Crippen LogP contribution < -0.4 is 10.1 Å². The molecule has 0 saturated carbocycles. The first-order chi connectivity index (χ1) is 13.0. The molecule has 0 fully saturated rings. The molecule has 0 radical (unpaired) electrons. The normalized spacial score (nSPS) is 10.4. The maximum absolute atomic E-state index is 12.5. The highest BCUT2D eigenvalue weighted by Crippen LogP contribution is 2.27. The third-order valence-electron chi connectivity index (χ3n) is 4.05. The zero-order chi connectivity index (χ0) is 19.4. The van der Waals surface area contributed by atoms with Crippen molar-refractivity contribution in [3.63, 3.8) is 0 Å². The van der Waals surface area contributed by atoms with E-state index in [-0.39, 0.29) is 24.0 Å². The van der Waals surface area contributed by atoms with Crippen molar-refractivity contribution >= 4 is 28.6 Å². The van der Waals surface area contributed by atoms with E-state index in [1.165, 1.54) is 17.4 Å². The van der Waals surface area contributed by atoms with Crippen LogP contribution >= 0.6 is 11.3 Å². The molecule has 0 saturated heterocycles. The zero-order valence-electron chi connectivity index (χ0n) is 14.9. The Balaban J connectivity index is 1.68. The van der Waals surface area contributed by atoms with E-state index in [2.05, 4.69) is 5.32 Å². The van der Waals surface area contributed by atoms with E-state index in [1.54, 1.807) is 24.3 Å². The number of hydrogen-bond acceptors (Lipinski definition) is 5. The Morgan fingerprint density at radius 2 is 1.85 bits per heavy atom. The molecule has 0 atom stereocenters. The van der Waals surface area contributed by atoms with E-state index in [4.69, 9.17) is 4.74 Å². The maximum Gasteiger partial charge on any atom is 0.310 e. The molecular formula is C20H18N2O4S. The molecule has 0 aliphatic heterocycles. The number of para-hydroxylation sites is 3. The van der Waals surface area contributed by atoms with Crippen LogP contribution in [-0.2, 0) is 6.61 Å². The second kappa shape index (κ2) is 8.01. The Bertz CT molecular complexity index is 977. The van der Waals surface area contributed by atoms with Crippen molar-refractivity contribution in [3.8, 4) is 5.75 Å². The van der Waals surface area contributed by atoms with Gasteiger partial charge in [-0.3, -0.25) is 14.9 Å². The summed E-state index contributed by atoms with van der Waals surface area (Å²) in [4.78, 5) is 23.6. The molecule has 2 aromatic carbocycles. The summed E-state index contributed by atoms with van der Waals surface area (Å²) >= 11 is 1.31. The summed E-state index contributed by atoms with van der Waals surface area (Å²) in [5.41, 5.74) is 3.51. The average molecular weight is 382 g/mol. The lowest BCUT2D eigenvalue weighted by Gasteiger charge is -2.10. The number of hydrogen-bond donors (Lipinski definition) is 1. The van der Waals surface area contributed by atoms with Gasteiger partial charge in [0.05, 0.1) is 9.80 Å². The third-order valence-corrected chi connectivity index (χ3v) is 5.03. The predicted octanol–water partition coefficient (Wildman–Crippen LogP) is 5.10. The lowest BCUT2D eigenvalue weighted by Crippen LogP contribution is -2.12. The number of carbonyl (C=O) groups excluding carboxylic acids is 1. The van der Waals surface area contributed by atoms with E-state index < -0.39 is 4.92 Å². The van der Waals surface area contributed by atoms with Gasteiger partial charge >= 0.3 is 5.69 Å². The van der Waals surface area contributed by atoms with Crippen LogP contribution in [0.2, 0.25) is 0 Å². The number of nitrogens with one attached hydrogen (secondary N) is 1. The summed E-state index contributed by atoms with van der Waals surface area (Å²) in [6.07, 6.45) is 0. The minimum atomic E-state index is -0.480. The van der Waals surface area contributed by atoms with Crippen LogP contribution in [0.1, 0.15) is 26.4 Å². The Kier molecular flexibility index (Phi) is 5.52. The summed E-state index contributed by atoms with van der Waals surface area (Å²) in [6.45, 7) is 4.05. The van der Waals surface area contributed by atoms with Crippen LogP contribution in [0.4, 0.5) is 11.4 Å². The van der Waals surface area contributed by atoms with Crippen LogP contribution in [0.5, 0.6) is 5.75 Å². The monoisotopic (exact) mass is 382 g/mol. The van der Waals surface area contributed by atoms with E-state index in [9.17, 15) is 14.9 Å². The second-order valence-corrected chi connectivity index (χ2v) is 6.96. The van der Waals surface area contributed by atoms with Gasteiger partial charge in [0.15, 0.2) is 5.75 Å². The fourth-order valence-corrected chi connectivity index (χ4v) is 3.44. The molecule has 0 bridgehead atoms. The first kappa shape index (κ1) is 18.6. The number of carbonyl (C=O) groups is 1. The summed E-state index contributed by atoms with van der Waals surface area (Å²) in [6, 6.07) is 13.8. The Morgan fingerprint density at radius 1 is 1.15 bits per heavy atom. The molecule has 0 aliphatic carbocycles. The molecular weight excluding hydrogens is 364 g/mol. The number of nitro groups is 1. The van der Waals surface area contributed by atoms with Crippen LogP contribution in [0.3, 0.4) is 0 Å². The van der Waals surface area contributed by atoms with Gasteiger partial charge in [-0.05, 0) is 42.5 Å². The molecule has 138 valence electrons. The highest BCUT2D eigenvalue weighted by Gasteiger charge is 2.15. The zero-order valence-corrected chi connectivity index (χ0v) is 15.7. The fraction of sp³-hybridized carbons (Fsp3) is 0.150. The number of nitro benzene ring substituents is 1. The van der Waals surface area contributed by atoms with Crippen molar-refractivity contribution in [1.29, 1.82) is 0 Å². The Labute approximate surface area is 160 Å². The molecule has 0 aliphatic rings. The van der Waals surface area contributed by atoms with Gasteiger partial charge in [0.2, 0.25) is 0 Å². The van der Waals surface area contributed by atoms with Crippen molar-refractivity contribution in [2.45, 2.75) is 20.5 Å². The van der Waals surface area contributed by atoms with Gasteiger partial charge in [-0.15, -0.1) is 11.3 Å². The molecule has 1 heterocycles. The van der Waals surface area contributed by atoms with E-state index >= 15 is 0 Å². The standard InChI is InChI=1S/C20H18N2O4S/c1-13-6-5-7-14(2)19(13)21-20(23)18-10-15(12-27-18)11-26-17-9-4-3-8-16(17)22(24)25/h3-10,12H,11H2,1-2H3,(H,21,23). The third kappa shape index (κ3) is 4.32. The van der Waals surface area contributed by atoms with E-state index in [0.717, 1.165) is 22.4 Å². The minimum absolute atomic E-state index is 0.0827. The number of thiophene rings is 1. The lowest BCUT2D eigenvalue weighted by molar-refractivity contribution is -0.385. The molecule has 7 heteroatoms.